The predicted octanol–water partition coefficient (Wildman–Crippen LogP) is 4.10. The number of cyclic esters (lactones) is 1. The summed E-state index contributed by atoms with van der Waals surface area (Å²) in [6.45, 7) is 2.38. The van der Waals surface area contributed by atoms with Crippen LogP contribution in [0.4, 0.5) is 14.9 Å². The number of nitrogens with zero attached hydrogens (tertiary/aromatic N) is 2. The fourth-order valence-corrected chi connectivity index (χ4v) is 2.58. The van der Waals surface area contributed by atoms with Gasteiger partial charge in [0.15, 0.2) is 0 Å². The lowest BCUT2D eigenvalue weighted by Crippen LogP contribution is -2.24. The number of halogens is 1. The summed E-state index contributed by atoms with van der Waals surface area (Å²) in [6, 6.07) is 13.4. The van der Waals surface area contributed by atoms with Crippen molar-refractivity contribution in [3.63, 3.8) is 0 Å². The van der Waals surface area contributed by atoms with Crippen molar-refractivity contribution in [1.82, 2.24) is 0 Å². The molecule has 3 rings (SSSR count). The molecule has 1 amide bonds. The zero-order valence-electron chi connectivity index (χ0n) is 12.6. The Balaban J connectivity index is 1.89. The second kappa shape index (κ2) is 6.09. The molecular formula is C18H15FN2O2. The molecule has 0 bridgehead atoms. The van der Waals surface area contributed by atoms with Crippen LogP contribution in [0, 0.1) is 17.1 Å². The van der Waals surface area contributed by atoms with Gasteiger partial charge in [0.1, 0.15) is 11.9 Å². The van der Waals surface area contributed by atoms with Gasteiger partial charge in [-0.25, -0.2) is 9.18 Å². The number of nitriles is 1. The standard InChI is InChI=1S/C18H15FN2O2/c1-2-15-11-21(18(22)23-15)14-7-8-16(17(19)9-14)13-5-3-12(10-20)4-6-13/h3-9,15H,2,11H2,1H3. The van der Waals surface area contributed by atoms with Crippen molar-refractivity contribution in [2.24, 2.45) is 0 Å². The molecule has 1 unspecified atom stereocenters. The average Bonchev–Trinajstić information content (AvgIpc) is 2.96. The van der Waals surface area contributed by atoms with Crippen molar-refractivity contribution < 1.29 is 13.9 Å². The maximum Gasteiger partial charge on any atom is 0.414 e. The van der Waals surface area contributed by atoms with E-state index in [0.29, 0.717) is 28.9 Å². The van der Waals surface area contributed by atoms with Crippen LogP contribution in [-0.4, -0.2) is 18.7 Å². The molecule has 0 aromatic heterocycles. The van der Waals surface area contributed by atoms with E-state index in [2.05, 4.69) is 0 Å². The lowest BCUT2D eigenvalue weighted by atomic mass is 10.0. The molecule has 1 aliphatic rings. The molecule has 23 heavy (non-hydrogen) atoms. The maximum absolute atomic E-state index is 14.4. The quantitative estimate of drug-likeness (QED) is 0.857. The van der Waals surface area contributed by atoms with Gasteiger partial charge in [-0.2, -0.15) is 5.26 Å². The van der Waals surface area contributed by atoms with Gasteiger partial charge in [-0.05, 0) is 42.3 Å². The number of ether oxygens (including phenoxy) is 1. The van der Waals surface area contributed by atoms with Crippen LogP contribution in [0.5, 0.6) is 0 Å². The van der Waals surface area contributed by atoms with Gasteiger partial charge in [0.05, 0.1) is 23.9 Å². The largest absolute Gasteiger partial charge is 0.444 e. The third kappa shape index (κ3) is 2.88. The van der Waals surface area contributed by atoms with E-state index in [1.54, 1.807) is 36.4 Å². The highest BCUT2D eigenvalue weighted by molar-refractivity contribution is 5.90. The summed E-state index contributed by atoms with van der Waals surface area (Å²) in [5, 5.41) is 8.80. The predicted molar refractivity (Wildman–Crippen MR) is 84.5 cm³/mol. The summed E-state index contributed by atoms with van der Waals surface area (Å²) in [6.07, 6.45) is 0.139. The Morgan fingerprint density at radius 1 is 1.30 bits per heavy atom. The van der Waals surface area contributed by atoms with Crippen molar-refractivity contribution in [1.29, 1.82) is 5.26 Å². The van der Waals surface area contributed by atoms with Crippen molar-refractivity contribution >= 4 is 11.8 Å². The van der Waals surface area contributed by atoms with Crippen molar-refractivity contribution in [3.8, 4) is 17.2 Å². The number of anilines is 1. The molecule has 5 heteroatoms. The van der Waals surface area contributed by atoms with Crippen LogP contribution >= 0.6 is 0 Å². The maximum atomic E-state index is 14.4. The Hall–Kier alpha value is -2.87. The van der Waals surface area contributed by atoms with Crippen molar-refractivity contribution in [3.05, 3.63) is 53.8 Å². The number of hydrogen-bond donors (Lipinski definition) is 0. The Kier molecular flexibility index (Phi) is 3.98. The summed E-state index contributed by atoms with van der Waals surface area (Å²) < 4.78 is 19.6. The van der Waals surface area contributed by atoms with E-state index < -0.39 is 11.9 Å². The van der Waals surface area contributed by atoms with Crippen LogP contribution in [0.1, 0.15) is 18.9 Å². The highest BCUT2D eigenvalue weighted by Gasteiger charge is 2.31. The molecule has 116 valence electrons. The summed E-state index contributed by atoms with van der Waals surface area (Å²) in [5.41, 5.74) is 2.12. The van der Waals surface area contributed by atoms with Gasteiger partial charge in [-0.3, -0.25) is 4.90 Å². The minimum Gasteiger partial charge on any atom is -0.444 e. The molecule has 0 radical (unpaired) electrons. The number of carbonyl (C=O) groups excluding carboxylic acids is 1. The summed E-state index contributed by atoms with van der Waals surface area (Å²) in [5.74, 6) is -0.417. The monoisotopic (exact) mass is 310 g/mol. The van der Waals surface area contributed by atoms with Crippen molar-refractivity contribution in [2.75, 3.05) is 11.4 Å². The third-order valence-corrected chi connectivity index (χ3v) is 3.92. The molecule has 0 aliphatic carbocycles. The van der Waals surface area contributed by atoms with Crippen LogP contribution in [0.3, 0.4) is 0 Å². The lowest BCUT2D eigenvalue weighted by molar-refractivity contribution is 0.139. The molecule has 2 aromatic carbocycles. The number of carbonyl (C=O) groups is 1. The number of amides is 1. The first kappa shape index (κ1) is 15.0. The second-order valence-electron chi connectivity index (χ2n) is 5.38. The van der Waals surface area contributed by atoms with E-state index >= 15 is 0 Å². The molecule has 1 atom stereocenters. The van der Waals surface area contributed by atoms with Crippen LogP contribution in [0.2, 0.25) is 0 Å². The first-order valence-corrected chi connectivity index (χ1v) is 7.40. The Labute approximate surface area is 133 Å². The minimum atomic E-state index is -0.442. The minimum absolute atomic E-state index is 0.149. The average molecular weight is 310 g/mol. The number of rotatable bonds is 3. The molecule has 4 nitrogen and oxygen atoms in total. The van der Waals surface area contributed by atoms with Crippen LogP contribution in [0.15, 0.2) is 42.5 Å². The Bertz CT molecular complexity index is 781. The fourth-order valence-electron chi connectivity index (χ4n) is 2.58. The first-order chi connectivity index (χ1) is 11.1. The van der Waals surface area contributed by atoms with E-state index in [1.165, 1.54) is 11.0 Å². The molecule has 0 N–H and O–H groups in total. The second-order valence-corrected chi connectivity index (χ2v) is 5.38. The molecule has 1 saturated heterocycles. The SMILES string of the molecule is CCC1CN(c2ccc(-c3ccc(C#N)cc3)c(F)c2)C(=O)O1. The van der Waals surface area contributed by atoms with Gasteiger partial charge in [0, 0.05) is 5.56 Å². The molecular weight excluding hydrogens is 295 g/mol. The van der Waals surface area contributed by atoms with E-state index in [0.717, 1.165) is 6.42 Å². The summed E-state index contributed by atoms with van der Waals surface area (Å²) in [7, 11) is 0. The van der Waals surface area contributed by atoms with E-state index in [4.69, 9.17) is 10.00 Å². The summed E-state index contributed by atoms with van der Waals surface area (Å²) in [4.78, 5) is 13.3. The van der Waals surface area contributed by atoms with Gasteiger partial charge >= 0.3 is 6.09 Å². The normalized spacial score (nSPS) is 17.0. The smallest absolute Gasteiger partial charge is 0.414 e. The fraction of sp³-hybridized carbons (Fsp3) is 0.222. The van der Waals surface area contributed by atoms with Crippen LogP contribution in [-0.2, 0) is 4.74 Å². The molecule has 1 heterocycles. The Morgan fingerprint density at radius 2 is 2.04 bits per heavy atom. The van der Waals surface area contributed by atoms with Crippen LogP contribution in [0.25, 0.3) is 11.1 Å². The van der Waals surface area contributed by atoms with E-state index in [1.807, 2.05) is 13.0 Å². The molecule has 1 fully saturated rings. The molecule has 1 aliphatic heterocycles. The van der Waals surface area contributed by atoms with Gasteiger partial charge in [-0.15, -0.1) is 0 Å². The van der Waals surface area contributed by atoms with Crippen LogP contribution < -0.4 is 4.90 Å². The lowest BCUT2D eigenvalue weighted by Gasteiger charge is -2.14. The number of hydrogen-bond acceptors (Lipinski definition) is 3. The molecule has 0 spiro atoms. The topological polar surface area (TPSA) is 53.3 Å². The van der Waals surface area contributed by atoms with Crippen molar-refractivity contribution in [2.45, 2.75) is 19.4 Å². The summed E-state index contributed by atoms with van der Waals surface area (Å²) >= 11 is 0. The van der Waals surface area contributed by atoms with Gasteiger partial charge in [0.25, 0.3) is 0 Å². The Morgan fingerprint density at radius 3 is 2.61 bits per heavy atom. The zero-order valence-corrected chi connectivity index (χ0v) is 12.6. The third-order valence-electron chi connectivity index (χ3n) is 3.92. The van der Waals surface area contributed by atoms with Gasteiger partial charge in [0.2, 0.25) is 0 Å². The molecule has 2 aromatic rings. The highest BCUT2D eigenvalue weighted by Crippen LogP contribution is 2.29. The van der Waals surface area contributed by atoms with Gasteiger partial charge in [-0.1, -0.05) is 19.1 Å². The van der Waals surface area contributed by atoms with Gasteiger partial charge < -0.3 is 4.74 Å². The molecule has 0 saturated carbocycles. The van der Waals surface area contributed by atoms with E-state index in [9.17, 15) is 9.18 Å². The highest BCUT2D eigenvalue weighted by atomic mass is 19.1. The zero-order chi connectivity index (χ0) is 16.4. The first-order valence-electron chi connectivity index (χ1n) is 7.40. The number of benzene rings is 2. The van der Waals surface area contributed by atoms with E-state index in [-0.39, 0.29) is 6.10 Å².